The van der Waals surface area contributed by atoms with E-state index in [0.29, 0.717) is 6.42 Å². The van der Waals surface area contributed by atoms with E-state index < -0.39 is 11.9 Å². The second-order valence-corrected chi connectivity index (χ2v) is 2.80. The fraction of sp³-hybridized carbons (Fsp3) is 0.714. The standard InChI is InChI=1S/C7H10O3/c1-4-2-3-5(8)6(4)7(9)10/h4,6H,2-3H2,1H3,(H,9,10). The largest absolute Gasteiger partial charge is 0.481 e. The van der Waals surface area contributed by atoms with Crippen LogP contribution in [0.15, 0.2) is 0 Å². The lowest BCUT2D eigenvalue weighted by Crippen LogP contribution is -2.22. The molecule has 2 atom stereocenters. The van der Waals surface area contributed by atoms with Crippen LogP contribution in [0.2, 0.25) is 0 Å². The summed E-state index contributed by atoms with van der Waals surface area (Å²) in [5.74, 6) is -1.76. The zero-order chi connectivity index (χ0) is 7.72. The van der Waals surface area contributed by atoms with Gasteiger partial charge in [-0.1, -0.05) is 6.92 Å². The molecule has 0 aromatic carbocycles. The van der Waals surface area contributed by atoms with E-state index in [4.69, 9.17) is 5.11 Å². The molecule has 56 valence electrons. The van der Waals surface area contributed by atoms with Gasteiger partial charge in [0.05, 0.1) is 0 Å². The molecule has 3 nitrogen and oxygen atoms in total. The van der Waals surface area contributed by atoms with Crippen LogP contribution in [0.25, 0.3) is 0 Å². The van der Waals surface area contributed by atoms with E-state index in [2.05, 4.69) is 0 Å². The zero-order valence-corrected chi connectivity index (χ0v) is 5.83. The van der Waals surface area contributed by atoms with Crippen molar-refractivity contribution in [3.8, 4) is 0 Å². The number of carbonyl (C=O) groups is 2. The third kappa shape index (κ3) is 1.03. The van der Waals surface area contributed by atoms with Crippen LogP contribution >= 0.6 is 0 Å². The van der Waals surface area contributed by atoms with E-state index >= 15 is 0 Å². The van der Waals surface area contributed by atoms with Gasteiger partial charge in [0, 0.05) is 6.42 Å². The summed E-state index contributed by atoms with van der Waals surface area (Å²) in [5.41, 5.74) is 0. The number of carbonyl (C=O) groups excluding carboxylic acids is 1. The first kappa shape index (κ1) is 7.25. The van der Waals surface area contributed by atoms with Gasteiger partial charge in [-0.2, -0.15) is 0 Å². The molecule has 0 aromatic heterocycles. The molecule has 1 aliphatic rings. The van der Waals surface area contributed by atoms with Crippen LogP contribution in [0.1, 0.15) is 19.8 Å². The van der Waals surface area contributed by atoms with Crippen LogP contribution in [-0.2, 0) is 9.59 Å². The van der Waals surface area contributed by atoms with Gasteiger partial charge in [-0.05, 0) is 12.3 Å². The van der Waals surface area contributed by atoms with Crippen LogP contribution in [0.3, 0.4) is 0 Å². The highest BCUT2D eigenvalue weighted by molar-refractivity contribution is 5.99. The molecule has 0 amide bonds. The monoisotopic (exact) mass is 142 g/mol. The molecule has 0 aliphatic heterocycles. The highest BCUT2D eigenvalue weighted by Crippen LogP contribution is 2.27. The van der Waals surface area contributed by atoms with Crippen LogP contribution in [0, 0.1) is 11.8 Å². The van der Waals surface area contributed by atoms with Crippen LogP contribution in [-0.4, -0.2) is 16.9 Å². The minimum Gasteiger partial charge on any atom is -0.481 e. The average molecular weight is 142 g/mol. The summed E-state index contributed by atoms with van der Waals surface area (Å²) in [7, 11) is 0. The number of ketones is 1. The highest BCUT2D eigenvalue weighted by Gasteiger charge is 2.36. The maximum atomic E-state index is 10.8. The zero-order valence-electron chi connectivity index (χ0n) is 5.83. The lowest BCUT2D eigenvalue weighted by molar-refractivity contribution is -0.146. The Kier molecular flexibility index (Phi) is 1.74. The van der Waals surface area contributed by atoms with E-state index in [0.717, 1.165) is 6.42 Å². The van der Waals surface area contributed by atoms with Crippen LogP contribution in [0.4, 0.5) is 0 Å². The Morgan fingerprint density at radius 2 is 2.30 bits per heavy atom. The Labute approximate surface area is 59.0 Å². The van der Waals surface area contributed by atoms with E-state index in [-0.39, 0.29) is 11.7 Å². The molecule has 1 rings (SSSR count). The highest BCUT2D eigenvalue weighted by atomic mass is 16.4. The second-order valence-electron chi connectivity index (χ2n) is 2.80. The Balaban J connectivity index is 2.72. The molecule has 0 aromatic rings. The molecular formula is C7H10O3. The van der Waals surface area contributed by atoms with E-state index in [9.17, 15) is 9.59 Å². The van der Waals surface area contributed by atoms with Gasteiger partial charge in [-0.3, -0.25) is 9.59 Å². The summed E-state index contributed by atoms with van der Waals surface area (Å²) in [6.45, 7) is 1.81. The fourth-order valence-electron chi connectivity index (χ4n) is 1.39. The predicted octanol–water partition coefficient (Wildman–Crippen LogP) is 0.686. The first-order valence-electron chi connectivity index (χ1n) is 3.38. The summed E-state index contributed by atoms with van der Waals surface area (Å²) in [4.78, 5) is 21.2. The maximum absolute atomic E-state index is 10.8. The molecule has 0 spiro atoms. The molecule has 1 N–H and O–H groups in total. The Morgan fingerprint density at radius 3 is 2.50 bits per heavy atom. The van der Waals surface area contributed by atoms with Gasteiger partial charge >= 0.3 is 5.97 Å². The Hall–Kier alpha value is -0.860. The van der Waals surface area contributed by atoms with Crippen molar-refractivity contribution in [1.82, 2.24) is 0 Å². The molecule has 3 heteroatoms. The van der Waals surface area contributed by atoms with E-state index in [1.54, 1.807) is 0 Å². The summed E-state index contributed by atoms with van der Waals surface area (Å²) >= 11 is 0. The smallest absolute Gasteiger partial charge is 0.314 e. The van der Waals surface area contributed by atoms with Crippen molar-refractivity contribution < 1.29 is 14.7 Å². The van der Waals surface area contributed by atoms with Crippen molar-refractivity contribution >= 4 is 11.8 Å². The molecule has 0 bridgehead atoms. The molecule has 0 saturated heterocycles. The minimum atomic E-state index is -0.963. The fourth-order valence-corrected chi connectivity index (χ4v) is 1.39. The van der Waals surface area contributed by atoms with Gasteiger partial charge in [-0.25, -0.2) is 0 Å². The first-order chi connectivity index (χ1) is 4.63. The van der Waals surface area contributed by atoms with E-state index in [1.165, 1.54) is 0 Å². The van der Waals surface area contributed by atoms with Crippen molar-refractivity contribution in [1.29, 1.82) is 0 Å². The molecule has 1 saturated carbocycles. The summed E-state index contributed by atoms with van der Waals surface area (Å²) in [6.07, 6.45) is 1.17. The molecule has 1 aliphatic carbocycles. The van der Waals surface area contributed by atoms with Crippen molar-refractivity contribution in [3.63, 3.8) is 0 Å². The lowest BCUT2D eigenvalue weighted by Gasteiger charge is -2.06. The molecule has 0 heterocycles. The topological polar surface area (TPSA) is 54.4 Å². The normalized spacial score (nSPS) is 32.7. The van der Waals surface area contributed by atoms with E-state index in [1.807, 2.05) is 6.92 Å². The number of carboxylic acid groups (broad SMARTS) is 1. The number of Topliss-reactive ketones (excluding diaryl/α,β-unsaturated/α-hetero) is 1. The number of hydrogen-bond acceptors (Lipinski definition) is 2. The first-order valence-corrected chi connectivity index (χ1v) is 3.38. The number of rotatable bonds is 1. The van der Waals surface area contributed by atoms with Gasteiger partial charge in [0.2, 0.25) is 0 Å². The number of carboxylic acids is 1. The molecule has 10 heavy (non-hydrogen) atoms. The van der Waals surface area contributed by atoms with Gasteiger partial charge in [-0.15, -0.1) is 0 Å². The second kappa shape index (κ2) is 2.40. The van der Waals surface area contributed by atoms with Gasteiger partial charge in [0.25, 0.3) is 0 Å². The SMILES string of the molecule is CC1CCC(=O)C1C(=O)O. The minimum absolute atomic E-state index is 0.0324. The van der Waals surface area contributed by atoms with Crippen molar-refractivity contribution in [2.45, 2.75) is 19.8 Å². The third-order valence-corrected chi connectivity index (χ3v) is 2.03. The van der Waals surface area contributed by atoms with Crippen molar-refractivity contribution in [2.24, 2.45) is 11.8 Å². The third-order valence-electron chi connectivity index (χ3n) is 2.03. The predicted molar refractivity (Wildman–Crippen MR) is 34.5 cm³/mol. The number of hydrogen-bond donors (Lipinski definition) is 1. The Bertz CT molecular complexity index is 174. The molecule has 0 radical (unpaired) electrons. The molecule has 2 unspecified atom stereocenters. The molecule has 1 fully saturated rings. The van der Waals surface area contributed by atoms with Crippen molar-refractivity contribution in [2.75, 3.05) is 0 Å². The summed E-state index contributed by atoms with van der Waals surface area (Å²) in [5, 5.41) is 8.53. The molecular weight excluding hydrogens is 132 g/mol. The Morgan fingerprint density at radius 1 is 1.70 bits per heavy atom. The lowest BCUT2D eigenvalue weighted by atomic mass is 9.98. The van der Waals surface area contributed by atoms with Crippen LogP contribution < -0.4 is 0 Å². The quantitative estimate of drug-likeness (QED) is 0.548. The van der Waals surface area contributed by atoms with Gasteiger partial charge in [0.15, 0.2) is 0 Å². The number of aliphatic carboxylic acids is 1. The summed E-state index contributed by atoms with van der Waals surface area (Å²) in [6, 6.07) is 0. The average Bonchev–Trinajstić information content (AvgIpc) is 2.11. The van der Waals surface area contributed by atoms with Gasteiger partial charge < -0.3 is 5.11 Å². The van der Waals surface area contributed by atoms with Crippen molar-refractivity contribution in [3.05, 3.63) is 0 Å². The van der Waals surface area contributed by atoms with Gasteiger partial charge in [0.1, 0.15) is 11.7 Å². The summed E-state index contributed by atoms with van der Waals surface area (Å²) < 4.78 is 0. The maximum Gasteiger partial charge on any atom is 0.314 e. The van der Waals surface area contributed by atoms with Crippen LogP contribution in [0.5, 0.6) is 0 Å².